The summed E-state index contributed by atoms with van der Waals surface area (Å²) >= 11 is 0. The van der Waals surface area contributed by atoms with Gasteiger partial charge in [0.05, 0.1) is 13.2 Å². The molecule has 2 N–H and O–H groups in total. The molecule has 0 atom stereocenters. The molecule has 3 aromatic rings. The standard InChI is InChI=1S/C22H30N6O/c1-4-14-29-19-15-17(3)9-10-18(19)16-25-22(23-5-2)24-12-11-21-27-26-20-8-6-7-13-28(20)21/h6-10,13,15H,4-5,11-12,14,16H2,1-3H3,(H2,23,24,25). The van der Waals surface area contributed by atoms with Crippen LogP contribution in [0.1, 0.15) is 37.2 Å². The molecule has 2 heterocycles. The summed E-state index contributed by atoms with van der Waals surface area (Å²) < 4.78 is 7.91. The minimum atomic E-state index is 0.558. The number of aromatic nitrogens is 3. The third-order valence-corrected chi connectivity index (χ3v) is 4.46. The van der Waals surface area contributed by atoms with Gasteiger partial charge in [0.15, 0.2) is 11.6 Å². The Bertz CT molecular complexity index is 949. The number of pyridine rings is 1. The van der Waals surface area contributed by atoms with E-state index in [0.29, 0.717) is 19.7 Å². The quantitative estimate of drug-likeness (QED) is 0.431. The summed E-state index contributed by atoms with van der Waals surface area (Å²) in [5.41, 5.74) is 3.14. The number of benzene rings is 1. The molecule has 154 valence electrons. The Morgan fingerprint density at radius 3 is 2.86 bits per heavy atom. The summed E-state index contributed by atoms with van der Waals surface area (Å²) in [6.45, 7) is 9.03. The average molecular weight is 395 g/mol. The Kier molecular flexibility index (Phi) is 7.44. The van der Waals surface area contributed by atoms with Crippen molar-refractivity contribution in [2.24, 2.45) is 4.99 Å². The fourth-order valence-electron chi connectivity index (χ4n) is 3.00. The maximum atomic E-state index is 5.90. The van der Waals surface area contributed by atoms with E-state index in [1.807, 2.05) is 28.8 Å². The predicted octanol–water partition coefficient (Wildman–Crippen LogP) is 3.12. The van der Waals surface area contributed by atoms with Crippen LogP contribution in [0.25, 0.3) is 5.65 Å². The van der Waals surface area contributed by atoms with E-state index in [2.05, 4.69) is 59.8 Å². The van der Waals surface area contributed by atoms with E-state index in [1.54, 1.807) is 0 Å². The highest BCUT2D eigenvalue weighted by Crippen LogP contribution is 2.21. The first kappa shape index (κ1) is 20.6. The number of guanidine groups is 1. The molecule has 0 saturated heterocycles. The number of hydrogen-bond donors (Lipinski definition) is 2. The molecule has 3 rings (SSSR count). The second kappa shape index (κ2) is 10.5. The third kappa shape index (κ3) is 5.70. The van der Waals surface area contributed by atoms with Gasteiger partial charge in [-0.05, 0) is 44.0 Å². The Morgan fingerprint density at radius 2 is 2.03 bits per heavy atom. The van der Waals surface area contributed by atoms with Crippen molar-refractivity contribution >= 4 is 11.6 Å². The van der Waals surface area contributed by atoms with Gasteiger partial charge in [-0.2, -0.15) is 0 Å². The van der Waals surface area contributed by atoms with E-state index in [9.17, 15) is 0 Å². The lowest BCUT2D eigenvalue weighted by Crippen LogP contribution is -2.38. The normalized spacial score (nSPS) is 11.6. The lowest BCUT2D eigenvalue weighted by molar-refractivity contribution is 0.314. The Morgan fingerprint density at radius 1 is 1.14 bits per heavy atom. The maximum Gasteiger partial charge on any atom is 0.191 e. The summed E-state index contributed by atoms with van der Waals surface area (Å²) in [5, 5.41) is 15.2. The van der Waals surface area contributed by atoms with Gasteiger partial charge in [0, 0.05) is 31.3 Å². The van der Waals surface area contributed by atoms with Crippen molar-refractivity contribution < 1.29 is 4.74 Å². The van der Waals surface area contributed by atoms with Gasteiger partial charge in [-0.3, -0.25) is 4.40 Å². The molecule has 0 radical (unpaired) electrons. The van der Waals surface area contributed by atoms with Crippen LogP contribution in [0, 0.1) is 6.92 Å². The van der Waals surface area contributed by atoms with Crippen LogP contribution in [-0.2, 0) is 13.0 Å². The first-order valence-corrected chi connectivity index (χ1v) is 10.2. The maximum absolute atomic E-state index is 5.90. The van der Waals surface area contributed by atoms with Gasteiger partial charge < -0.3 is 15.4 Å². The van der Waals surface area contributed by atoms with Gasteiger partial charge in [0.2, 0.25) is 0 Å². The summed E-state index contributed by atoms with van der Waals surface area (Å²) in [4.78, 5) is 4.73. The number of rotatable bonds is 9. The van der Waals surface area contributed by atoms with Crippen LogP contribution >= 0.6 is 0 Å². The van der Waals surface area contributed by atoms with Crippen molar-refractivity contribution in [1.29, 1.82) is 0 Å². The molecule has 0 unspecified atom stereocenters. The molecule has 1 aromatic carbocycles. The zero-order chi connectivity index (χ0) is 20.5. The highest BCUT2D eigenvalue weighted by Gasteiger charge is 2.07. The first-order valence-electron chi connectivity index (χ1n) is 10.2. The van der Waals surface area contributed by atoms with Gasteiger partial charge >= 0.3 is 0 Å². The van der Waals surface area contributed by atoms with Crippen molar-refractivity contribution in [1.82, 2.24) is 25.2 Å². The second-order valence-corrected chi connectivity index (χ2v) is 6.88. The monoisotopic (exact) mass is 394 g/mol. The molecule has 7 heteroatoms. The largest absolute Gasteiger partial charge is 0.493 e. The van der Waals surface area contributed by atoms with E-state index in [4.69, 9.17) is 9.73 Å². The molecule has 0 amide bonds. The van der Waals surface area contributed by atoms with Crippen LogP contribution in [0.2, 0.25) is 0 Å². The molecule has 0 saturated carbocycles. The Balaban J connectivity index is 1.62. The Labute approximate surface area is 172 Å². The van der Waals surface area contributed by atoms with Crippen LogP contribution in [0.15, 0.2) is 47.6 Å². The van der Waals surface area contributed by atoms with Gasteiger partial charge in [0.25, 0.3) is 0 Å². The van der Waals surface area contributed by atoms with E-state index in [-0.39, 0.29) is 0 Å². The average Bonchev–Trinajstić information content (AvgIpc) is 3.14. The molecule has 0 bridgehead atoms. The Hall–Kier alpha value is -3.09. The van der Waals surface area contributed by atoms with Gasteiger partial charge in [0.1, 0.15) is 11.6 Å². The molecule has 0 aliphatic rings. The van der Waals surface area contributed by atoms with Crippen molar-refractivity contribution in [2.45, 2.75) is 40.2 Å². The predicted molar refractivity (Wildman–Crippen MR) is 116 cm³/mol. The molecule has 0 aliphatic carbocycles. The summed E-state index contributed by atoms with van der Waals surface area (Å²) in [5.74, 6) is 2.63. The van der Waals surface area contributed by atoms with Crippen molar-refractivity contribution in [3.05, 3.63) is 59.5 Å². The summed E-state index contributed by atoms with van der Waals surface area (Å²) in [6.07, 6.45) is 3.72. The molecule has 7 nitrogen and oxygen atoms in total. The number of hydrogen-bond acceptors (Lipinski definition) is 4. The van der Waals surface area contributed by atoms with E-state index >= 15 is 0 Å². The second-order valence-electron chi connectivity index (χ2n) is 6.88. The smallest absolute Gasteiger partial charge is 0.191 e. The fourth-order valence-corrected chi connectivity index (χ4v) is 3.00. The van der Waals surface area contributed by atoms with Crippen LogP contribution in [0.5, 0.6) is 5.75 Å². The number of fused-ring (bicyclic) bond motifs is 1. The molecular formula is C22H30N6O. The van der Waals surface area contributed by atoms with Crippen molar-refractivity contribution in [3.8, 4) is 5.75 Å². The van der Waals surface area contributed by atoms with Gasteiger partial charge in [-0.25, -0.2) is 4.99 Å². The van der Waals surface area contributed by atoms with E-state index in [0.717, 1.165) is 48.1 Å². The molecule has 0 spiro atoms. The molecule has 2 aromatic heterocycles. The third-order valence-electron chi connectivity index (χ3n) is 4.46. The number of nitrogens with zero attached hydrogens (tertiary/aromatic N) is 4. The minimum absolute atomic E-state index is 0.558. The number of ether oxygens (including phenoxy) is 1. The highest BCUT2D eigenvalue weighted by atomic mass is 16.5. The van der Waals surface area contributed by atoms with E-state index < -0.39 is 0 Å². The van der Waals surface area contributed by atoms with Crippen molar-refractivity contribution in [3.63, 3.8) is 0 Å². The topological polar surface area (TPSA) is 75.8 Å². The minimum Gasteiger partial charge on any atom is -0.493 e. The highest BCUT2D eigenvalue weighted by molar-refractivity contribution is 5.79. The van der Waals surface area contributed by atoms with Crippen LogP contribution in [0.4, 0.5) is 0 Å². The molecule has 29 heavy (non-hydrogen) atoms. The summed E-state index contributed by atoms with van der Waals surface area (Å²) in [6, 6.07) is 12.2. The van der Waals surface area contributed by atoms with Gasteiger partial charge in [-0.15, -0.1) is 10.2 Å². The SMILES string of the molecule is CCCOc1cc(C)ccc1CN=C(NCC)NCCc1nnc2ccccn12. The molecule has 0 fully saturated rings. The zero-order valence-corrected chi connectivity index (χ0v) is 17.5. The fraction of sp³-hybridized carbons (Fsp3) is 0.409. The van der Waals surface area contributed by atoms with Crippen molar-refractivity contribution in [2.75, 3.05) is 19.7 Å². The number of nitrogens with one attached hydrogen (secondary N) is 2. The number of aliphatic imine (C=N–C) groups is 1. The van der Waals surface area contributed by atoms with Crippen LogP contribution in [-0.4, -0.2) is 40.3 Å². The van der Waals surface area contributed by atoms with Crippen LogP contribution < -0.4 is 15.4 Å². The number of aryl methyl sites for hydroxylation is 1. The summed E-state index contributed by atoms with van der Waals surface area (Å²) in [7, 11) is 0. The molecule has 0 aliphatic heterocycles. The van der Waals surface area contributed by atoms with Gasteiger partial charge in [-0.1, -0.05) is 25.1 Å². The lowest BCUT2D eigenvalue weighted by atomic mass is 10.1. The molecular weight excluding hydrogens is 364 g/mol. The van der Waals surface area contributed by atoms with Crippen LogP contribution in [0.3, 0.4) is 0 Å². The lowest BCUT2D eigenvalue weighted by Gasteiger charge is -2.13. The first-order chi connectivity index (χ1) is 14.2. The zero-order valence-electron chi connectivity index (χ0n) is 17.5. The van der Waals surface area contributed by atoms with E-state index in [1.165, 1.54) is 5.56 Å².